The van der Waals surface area contributed by atoms with Gasteiger partial charge in [-0.25, -0.2) is 9.97 Å². The molecule has 2 N–H and O–H groups in total. The number of piperazine rings is 1. The van der Waals surface area contributed by atoms with Gasteiger partial charge in [-0.3, -0.25) is 4.68 Å². The standard InChI is InChI=1S/C20H25F3N8O/c1-13-3-4-15(25-11-13)26-18-17-16(27-19(28-18)30-7-5-24-6-8-30)14(2)29-31(17)9-10-32-12-20(21,22)23/h3-4,11,24H,5-10,12H2,1-2H3,(H,25,26,27,28). The number of aromatic nitrogens is 5. The summed E-state index contributed by atoms with van der Waals surface area (Å²) >= 11 is 0. The topological polar surface area (TPSA) is 93.0 Å². The summed E-state index contributed by atoms with van der Waals surface area (Å²) in [6, 6.07) is 3.77. The lowest BCUT2D eigenvalue weighted by molar-refractivity contribution is -0.174. The second kappa shape index (κ2) is 9.25. The maximum Gasteiger partial charge on any atom is 0.411 e. The van der Waals surface area contributed by atoms with Crippen molar-refractivity contribution in [2.75, 3.05) is 49.6 Å². The number of halogens is 3. The number of anilines is 3. The third-order valence-corrected chi connectivity index (χ3v) is 5.01. The number of fused-ring (bicyclic) bond motifs is 1. The molecule has 0 radical (unpaired) electrons. The van der Waals surface area contributed by atoms with Crippen LogP contribution in [0.3, 0.4) is 0 Å². The Bertz CT molecular complexity index is 1060. The largest absolute Gasteiger partial charge is 0.411 e. The highest BCUT2D eigenvalue weighted by Crippen LogP contribution is 2.28. The average molecular weight is 450 g/mol. The zero-order valence-electron chi connectivity index (χ0n) is 17.9. The van der Waals surface area contributed by atoms with E-state index >= 15 is 0 Å². The molecule has 0 aromatic carbocycles. The highest BCUT2D eigenvalue weighted by molar-refractivity contribution is 5.90. The number of hydrogen-bond acceptors (Lipinski definition) is 8. The van der Waals surface area contributed by atoms with Crippen molar-refractivity contribution in [1.82, 2.24) is 30.0 Å². The molecule has 1 aliphatic heterocycles. The van der Waals surface area contributed by atoms with E-state index in [0.29, 0.717) is 34.3 Å². The zero-order chi connectivity index (χ0) is 22.7. The molecular formula is C20H25F3N8O. The first-order valence-electron chi connectivity index (χ1n) is 10.4. The first kappa shape index (κ1) is 22.2. The smallest absolute Gasteiger partial charge is 0.370 e. The summed E-state index contributed by atoms with van der Waals surface area (Å²) in [5, 5.41) is 11.0. The maximum atomic E-state index is 12.4. The van der Waals surface area contributed by atoms with E-state index in [1.54, 1.807) is 10.9 Å². The Morgan fingerprint density at radius 3 is 2.62 bits per heavy atom. The zero-order valence-corrected chi connectivity index (χ0v) is 17.9. The van der Waals surface area contributed by atoms with Gasteiger partial charge in [0.1, 0.15) is 23.5 Å². The van der Waals surface area contributed by atoms with E-state index in [0.717, 1.165) is 31.7 Å². The lowest BCUT2D eigenvalue weighted by Crippen LogP contribution is -2.44. The van der Waals surface area contributed by atoms with Crippen molar-refractivity contribution in [3.8, 4) is 0 Å². The third kappa shape index (κ3) is 5.25. The molecule has 3 aromatic heterocycles. The number of rotatable bonds is 7. The first-order valence-corrected chi connectivity index (χ1v) is 10.4. The summed E-state index contributed by atoms with van der Waals surface area (Å²) in [5.41, 5.74) is 2.92. The number of aryl methyl sites for hydroxylation is 2. The summed E-state index contributed by atoms with van der Waals surface area (Å²) in [6.45, 7) is 5.66. The minimum Gasteiger partial charge on any atom is -0.370 e. The molecule has 0 saturated carbocycles. The van der Waals surface area contributed by atoms with E-state index in [4.69, 9.17) is 14.7 Å². The van der Waals surface area contributed by atoms with Gasteiger partial charge in [-0.1, -0.05) is 6.07 Å². The summed E-state index contributed by atoms with van der Waals surface area (Å²) in [4.78, 5) is 15.9. The molecule has 0 spiro atoms. The van der Waals surface area contributed by atoms with Crippen LogP contribution >= 0.6 is 0 Å². The average Bonchev–Trinajstić information content (AvgIpc) is 3.08. The molecule has 0 bridgehead atoms. The minimum atomic E-state index is -4.37. The second-order valence-electron chi connectivity index (χ2n) is 7.63. The summed E-state index contributed by atoms with van der Waals surface area (Å²) < 4.78 is 43.6. The van der Waals surface area contributed by atoms with Gasteiger partial charge in [-0.15, -0.1) is 0 Å². The van der Waals surface area contributed by atoms with Crippen molar-refractivity contribution in [2.45, 2.75) is 26.6 Å². The second-order valence-corrected chi connectivity index (χ2v) is 7.63. The number of hydrogen-bond donors (Lipinski definition) is 2. The predicted octanol–water partition coefficient (Wildman–Crippen LogP) is 2.57. The van der Waals surface area contributed by atoms with Crippen molar-refractivity contribution < 1.29 is 17.9 Å². The first-order chi connectivity index (χ1) is 15.3. The minimum absolute atomic E-state index is 0.132. The van der Waals surface area contributed by atoms with E-state index in [1.165, 1.54) is 0 Å². The molecule has 1 fully saturated rings. The normalized spacial score (nSPS) is 14.8. The molecule has 9 nitrogen and oxygen atoms in total. The Morgan fingerprint density at radius 2 is 1.94 bits per heavy atom. The van der Waals surface area contributed by atoms with E-state index < -0.39 is 12.8 Å². The molecular weight excluding hydrogens is 425 g/mol. The Labute approximate surface area is 183 Å². The molecule has 0 unspecified atom stereocenters. The fourth-order valence-electron chi connectivity index (χ4n) is 3.48. The van der Waals surface area contributed by atoms with Crippen LogP contribution in [0.2, 0.25) is 0 Å². The molecule has 3 aromatic rings. The molecule has 0 amide bonds. The van der Waals surface area contributed by atoms with Gasteiger partial charge >= 0.3 is 6.18 Å². The molecule has 32 heavy (non-hydrogen) atoms. The summed E-state index contributed by atoms with van der Waals surface area (Å²) in [7, 11) is 0. The lowest BCUT2D eigenvalue weighted by atomic mass is 10.3. The molecule has 12 heteroatoms. The fraction of sp³-hybridized carbons (Fsp3) is 0.500. The monoisotopic (exact) mass is 450 g/mol. The summed E-state index contributed by atoms with van der Waals surface area (Å²) in [6.07, 6.45) is -2.63. The van der Waals surface area contributed by atoms with Crippen LogP contribution in [0.15, 0.2) is 18.3 Å². The van der Waals surface area contributed by atoms with Gasteiger partial charge in [0.15, 0.2) is 5.82 Å². The Morgan fingerprint density at radius 1 is 1.16 bits per heavy atom. The molecule has 1 saturated heterocycles. The van der Waals surface area contributed by atoms with Gasteiger partial charge in [-0.2, -0.15) is 23.3 Å². The fourth-order valence-corrected chi connectivity index (χ4v) is 3.48. The molecule has 4 heterocycles. The van der Waals surface area contributed by atoms with Crippen LogP contribution in [0.25, 0.3) is 11.0 Å². The molecule has 1 aliphatic rings. The van der Waals surface area contributed by atoms with Crippen LogP contribution in [-0.2, 0) is 11.3 Å². The Balaban J connectivity index is 1.68. The lowest BCUT2D eigenvalue weighted by Gasteiger charge is -2.27. The van der Waals surface area contributed by atoms with Crippen LogP contribution in [0.5, 0.6) is 0 Å². The van der Waals surface area contributed by atoms with Gasteiger partial charge < -0.3 is 20.3 Å². The van der Waals surface area contributed by atoms with Gasteiger partial charge in [0.05, 0.1) is 18.8 Å². The van der Waals surface area contributed by atoms with E-state index in [2.05, 4.69) is 25.6 Å². The predicted molar refractivity (Wildman–Crippen MR) is 114 cm³/mol. The molecule has 4 rings (SSSR count). The van der Waals surface area contributed by atoms with Crippen LogP contribution in [0, 0.1) is 13.8 Å². The van der Waals surface area contributed by atoms with Gasteiger partial charge in [0.25, 0.3) is 0 Å². The third-order valence-electron chi connectivity index (χ3n) is 5.01. The van der Waals surface area contributed by atoms with E-state index in [1.807, 2.05) is 26.0 Å². The molecule has 0 atom stereocenters. The van der Waals surface area contributed by atoms with Crippen molar-refractivity contribution in [1.29, 1.82) is 0 Å². The van der Waals surface area contributed by atoms with Gasteiger partial charge in [0, 0.05) is 32.4 Å². The van der Waals surface area contributed by atoms with Gasteiger partial charge in [0.2, 0.25) is 5.95 Å². The van der Waals surface area contributed by atoms with Gasteiger partial charge in [-0.05, 0) is 25.5 Å². The highest BCUT2D eigenvalue weighted by Gasteiger charge is 2.27. The van der Waals surface area contributed by atoms with Crippen LogP contribution in [0.1, 0.15) is 11.3 Å². The highest BCUT2D eigenvalue weighted by atomic mass is 19.4. The number of nitrogens with zero attached hydrogens (tertiary/aromatic N) is 6. The Hall–Kier alpha value is -2.99. The quantitative estimate of drug-likeness (QED) is 0.531. The molecule has 0 aliphatic carbocycles. The van der Waals surface area contributed by atoms with E-state index in [9.17, 15) is 13.2 Å². The van der Waals surface area contributed by atoms with Crippen LogP contribution in [0.4, 0.5) is 30.8 Å². The van der Waals surface area contributed by atoms with Crippen molar-refractivity contribution >= 4 is 28.6 Å². The number of alkyl halides is 3. The Kier molecular flexibility index (Phi) is 6.42. The summed E-state index contributed by atoms with van der Waals surface area (Å²) in [5.74, 6) is 1.67. The maximum absolute atomic E-state index is 12.4. The number of pyridine rings is 1. The van der Waals surface area contributed by atoms with Crippen LogP contribution in [-0.4, -0.2) is 70.3 Å². The van der Waals surface area contributed by atoms with E-state index in [-0.39, 0.29) is 13.2 Å². The van der Waals surface area contributed by atoms with Crippen molar-refractivity contribution in [3.63, 3.8) is 0 Å². The molecule has 172 valence electrons. The van der Waals surface area contributed by atoms with Crippen molar-refractivity contribution in [2.24, 2.45) is 0 Å². The SMILES string of the molecule is Cc1ccc(Nc2nc(N3CCNCC3)nc3c(C)nn(CCOCC(F)(F)F)c23)nc1. The van der Waals surface area contributed by atoms with Crippen molar-refractivity contribution in [3.05, 3.63) is 29.6 Å². The number of ether oxygens (including phenoxy) is 1. The number of nitrogens with one attached hydrogen (secondary N) is 2. The van der Waals surface area contributed by atoms with Crippen LogP contribution < -0.4 is 15.5 Å².